The molecule has 0 aromatic heterocycles. The molecule has 0 saturated heterocycles. The minimum absolute atomic E-state index is 0.840. The molecule has 2 heteroatoms. The van der Waals surface area contributed by atoms with Crippen LogP contribution in [0, 0.1) is 0 Å². The molecule has 0 fully saturated rings. The molecule has 1 rings (SSSR count). The van der Waals surface area contributed by atoms with Gasteiger partial charge in [-0.25, -0.2) is 0 Å². The van der Waals surface area contributed by atoms with Gasteiger partial charge >= 0.3 is 7.48 Å². The number of hydrogen-bond acceptors (Lipinski definition) is 1. The Hall–Kier alpha value is -0.755. The molecule has 1 nitrogen and oxygen atoms in total. The van der Waals surface area contributed by atoms with Crippen LogP contribution in [0.1, 0.15) is 0 Å². The highest BCUT2D eigenvalue weighted by molar-refractivity contribution is 6.45. The summed E-state index contributed by atoms with van der Waals surface area (Å²) in [7, 11) is 1.08. The van der Waals surface area contributed by atoms with Crippen LogP contribution in [0.5, 0.6) is 0 Å². The lowest BCUT2D eigenvalue weighted by atomic mass is 9.89. The van der Waals surface area contributed by atoms with Crippen molar-refractivity contribution in [1.82, 2.24) is 0 Å². The molecule has 0 aliphatic carbocycles. The van der Waals surface area contributed by atoms with E-state index in [9.17, 15) is 0 Å². The minimum Gasteiger partial charge on any atom is -0.450 e. The predicted octanol–water partition coefficient (Wildman–Crippen LogP) is -0.0766. The molecule has 39 valence electrons. The second-order valence-corrected chi connectivity index (χ2v) is 1.54. The number of rotatable bonds is 1. The van der Waals surface area contributed by atoms with Gasteiger partial charge in [-0.15, -0.1) is 0 Å². The zero-order valence-corrected chi connectivity index (χ0v) is 4.41. The van der Waals surface area contributed by atoms with E-state index in [0.29, 0.717) is 0 Å². The molecular formula is C6H6BO. The summed E-state index contributed by atoms with van der Waals surface area (Å²) < 4.78 is 0. The van der Waals surface area contributed by atoms with Crippen LogP contribution in [0.4, 0.5) is 0 Å². The van der Waals surface area contributed by atoms with Crippen molar-refractivity contribution >= 4 is 12.9 Å². The van der Waals surface area contributed by atoms with Crippen LogP contribution < -0.4 is 5.46 Å². The van der Waals surface area contributed by atoms with Gasteiger partial charge in [0, 0.05) is 0 Å². The van der Waals surface area contributed by atoms with Crippen LogP contribution in [0.2, 0.25) is 0 Å². The molecule has 0 aliphatic rings. The lowest BCUT2D eigenvalue weighted by Gasteiger charge is -1.86. The van der Waals surface area contributed by atoms with E-state index in [1.165, 1.54) is 0 Å². The first-order valence-electron chi connectivity index (χ1n) is 2.46. The first kappa shape index (κ1) is 5.38. The summed E-state index contributed by atoms with van der Waals surface area (Å²) >= 11 is 0. The third kappa shape index (κ3) is 1.11. The van der Waals surface area contributed by atoms with Crippen LogP contribution in [0.3, 0.4) is 0 Å². The van der Waals surface area contributed by atoms with E-state index < -0.39 is 0 Å². The lowest BCUT2D eigenvalue weighted by Crippen LogP contribution is -2.11. The predicted molar refractivity (Wildman–Crippen MR) is 34.0 cm³/mol. The molecule has 0 saturated carbocycles. The minimum atomic E-state index is 0.840. The molecular weight excluding hydrogens is 98.9 g/mol. The molecule has 0 spiro atoms. The normalized spacial score (nSPS) is 8.62. The van der Waals surface area contributed by atoms with Crippen LogP contribution in [-0.2, 0) is 0 Å². The van der Waals surface area contributed by atoms with Crippen molar-refractivity contribution in [2.45, 2.75) is 0 Å². The average molecular weight is 105 g/mol. The zero-order chi connectivity index (χ0) is 5.82. The van der Waals surface area contributed by atoms with Crippen molar-refractivity contribution in [3.63, 3.8) is 0 Å². The zero-order valence-electron chi connectivity index (χ0n) is 4.41. The molecule has 0 amide bonds. The molecule has 1 radical (unpaired) electrons. The first-order chi connectivity index (χ1) is 3.93. The highest BCUT2D eigenvalue weighted by Crippen LogP contribution is 1.78. The van der Waals surface area contributed by atoms with E-state index in [1.807, 2.05) is 30.3 Å². The molecule has 8 heavy (non-hydrogen) atoms. The highest BCUT2D eigenvalue weighted by atomic mass is 16.2. The Morgan fingerprint density at radius 3 is 2.12 bits per heavy atom. The van der Waals surface area contributed by atoms with Gasteiger partial charge < -0.3 is 5.02 Å². The van der Waals surface area contributed by atoms with Gasteiger partial charge in [0.05, 0.1) is 0 Å². The van der Waals surface area contributed by atoms with Gasteiger partial charge in [-0.1, -0.05) is 35.8 Å². The third-order valence-electron chi connectivity index (χ3n) is 0.949. The summed E-state index contributed by atoms with van der Waals surface area (Å²) in [5.74, 6) is 0. The second kappa shape index (κ2) is 2.53. The molecule has 0 atom stereocenters. The summed E-state index contributed by atoms with van der Waals surface area (Å²) in [5.41, 5.74) is 0.840. The van der Waals surface area contributed by atoms with Crippen LogP contribution in [0.15, 0.2) is 30.3 Å². The van der Waals surface area contributed by atoms with Crippen LogP contribution in [0.25, 0.3) is 0 Å². The van der Waals surface area contributed by atoms with Gasteiger partial charge in [0.15, 0.2) is 0 Å². The maximum atomic E-state index is 8.41. The first-order valence-corrected chi connectivity index (χ1v) is 2.46. The Labute approximate surface area is 49.2 Å². The molecule has 0 aliphatic heterocycles. The fraction of sp³-hybridized carbons (Fsp3) is 0. The monoisotopic (exact) mass is 105 g/mol. The van der Waals surface area contributed by atoms with Gasteiger partial charge in [0.25, 0.3) is 0 Å². The summed E-state index contributed by atoms with van der Waals surface area (Å²) in [6, 6.07) is 9.33. The molecule has 1 aromatic carbocycles. The lowest BCUT2D eigenvalue weighted by molar-refractivity contribution is 0.615. The van der Waals surface area contributed by atoms with Gasteiger partial charge in [-0.05, 0) is 0 Å². The average Bonchev–Trinajstić information content (AvgIpc) is 1.90. The van der Waals surface area contributed by atoms with E-state index in [-0.39, 0.29) is 0 Å². The second-order valence-electron chi connectivity index (χ2n) is 1.54. The SMILES string of the molecule is O[B]c1ccccc1. The van der Waals surface area contributed by atoms with Crippen molar-refractivity contribution in [3.8, 4) is 0 Å². The third-order valence-corrected chi connectivity index (χ3v) is 0.949. The van der Waals surface area contributed by atoms with E-state index in [2.05, 4.69) is 0 Å². The summed E-state index contributed by atoms with van der Waals surface area (Å²) in [6.45, 7) is 0. The largest absolute Gasteiger partial charge is 0.450 e. The van der Waals surface area contributed by atoms with Crippen molar-refractivity contribution in [2.75, 3.05) is 0 Å². The van der Waals surface area contributed by atoms with Gasteiger partial charge in [0.2, 0.25) is 0 Å². The van der Waals surface area contributed by atoms with E-state index in [4.69, 9.17) is 5.02 Å². The van der Waals surface area contributed by atoms with Crippen molar-refractivity contribution < 1.29 is 5.02 Å². The van der Waals surface area contributed by atoms with E-state index in [1.54, 1.807) is 0 Å². The Balaban J connectivity index is 2.83. The molecule has 0 bridgehead atoms. The van der Waals surface area contributed by atoms with Gasteiger partial charge in [-0.3, -0.25) is 0 Å². The maximum Gasteiger partial charge on any atom is 0.326 e. The maximum absolute atomic E-state index is 8.41. The van der Waals surface area contributed by atoms with Crippen molar-refractivity contribution in [3.05, 3.63) is 30.3 Å². The summed E-state index contributed by atoms with van der Waals surface area (Å²) in [6.07, 6.45) is 0. The quantitative estimate of drug-likeness (QED) is 0.495. The topological polar surface area (TPSA) is 20.2 Å². The van der Waals surface area contributed by atoms with Crippen molar-refractivity contribution in [1.29, 1.82) is 0 Å². The number of hydrogen-bond donors (Lipinski definition) is 1. The molecule has 1 aromatic rings. The summed E-state index contributed by atoms with van der Waals surface area (Å²) in [5, 5.41) is 8.41. The Morgan fingerprint density at radius 2 is 1.75 bits per heavy atom. The Bertz CT molecular complexity index is 150. The van der Waals surface area contributed by atoms with E-state index in [0.717, 1.165) is 12.9 Å². The molecule has 0 unspecified atom stereocenters. The van der Waals surface area contributed by atoms with E-state index >= 15 is 0 Å². The van der Waals surface area contributed by atoms with Crippen molar-refractivity contribution in [2.24, 2.45) is 0 Å². The fourth-order valence-electron chi connectivity index (χ4n) is 0.539. The Kier molecular flexibility index (Phi) is 1.70. The van der Waals surface area contributed by atoms with Gasteiger partial charge in [-0.2, -0.15) is 0 Å². The highest BCUT2D eigenvalue weighted by Gasteiger charge is 1.85. The smallest absolute Gasteiger partial charge is 0.326 e. The molecule has 0 heterocycles. The van der Waals surface area contributed by atoms with Crippen LogP contribution in [-0.4, -0.2) is 12.5 Å². The molecule has 1 N–H and O–H groups in total. The summed E-state index contributed by atoms with van der Waals surface area (Å²) in [4.78, 5) is 0. The van der Waals surface area contributed by atoms with Gasteiger partial charge in [0.1, 0.15) is 0 Å². The Morgan fingerprint density at radius 1 is 1.12 bits per heavy atom. The van der Waals surface area contributed by atoms with Crippen LogP contribution >= 0.6 is 0 Å². The number of benzene rings is 1. The fourth-order valence-corrected chi connectivity index (χ4v) is 0.539. The standard InChI is InChI=1S/C6H6BO/c8-7-6-4-2-1-3-5-6/h1-5,8H.